The van der Waals surface area contributed by atoms with Crippen molar-refractivity contribution in [2.75, 3.05) is 7.05 Å². The molecule has 1 aliphatic heterocycles. The molecule has 0 aliphatic carbocycles. The predicted molar refractivity (Wildman–Crippen MR) is 84.6 cm³/mol. The van der Waals surface area contributed by atoms with Crippen molar-refractivity contribution in [3.05, 3.63) is 71.8 Å². The van der Waals surface area contributed by atoms with Gasteiger partial charge in [0.15, 0.2) is 6.23 Å². The first-order valence-electron chi connectivity index (χ1n) is 7.24. The van der Waals surface area contributed by atoms with Gasteiger partial charge in [-0.3, -0.25) is 4.90 Å². The molecule has 2 aromatic rings. The summed E-state index contributed by atoms with van der Waals surface area (Å²) in [4.78, 5) is 2.19. The van der Waals surface area contributed by atoms with E-state index < -0.39 is 0 Å². The molecule has 0 radical (unpaired) electrons. The van der Waals surface area contributed by atoms with Crippen LogP contribution < -0.4 is 0 Å². The molecule has 3 atom stereocenters. The maximum atomic E-state index is 6.15. The molecular weight excluding hydrogens is 258 g/mol. The van der Waals surface area contributed by atoms with Crippen LogP contribution >= 0.6 is 0 Å². The Labute approximate surface area is 126 Å². The van der Waals surface area contributed by atoms with Crippen molar-refractivity contribution in [1.29, 1.82) is 0 Å². The summed E-state index contributed by atoms with van der Waals surface area (Å²) in [6.45, 7) is 2.18. The minimum Gasteiger partial charge on any atom is -0.342 e. The van der Waals surface area contributed by atoms with E-state index in [0.717, 1.165) is 5.56 Å². The Morgan fingerprint density at radius 3 is 2.24 bits per heavy atom. The zero-order chi connectivity index (χ0) is 14.7. The summed E-state index contributed by atoms with van der Waals surface area (Å²) < 4.78 is 6.15. The molecule has 0 spiro atoms. The largest absolute Gasteiger partial charge is 0.342 e. The van der Waals surface area contributed by atoms with Gasteiger partial charge in [0.05, 0.1) is 0 Å². The van der Waals surface area contributed by atoms with Crippen LogP contribution in [0.25, 0.3) is 0 Å². The van der Waals surface area contributed by atoms with E-state index in [-0.39, 0.29) is 12.3 Å². The van der Waals surface area contributed by atoms with Gasteiger partial charge in [-0.25, -0.2) is 0 Å². The number of ether oxygens (including phenoxy) is 1. The molecule has 1 heterocycles. The van der Waals surface area contributed by atoms with E-state index in [1.54, 1.807) is 0 Å². The highest BCUT2D eigenvalue weighted by Crippen LogP contribution is 2.33. The normalized spacial score (nSPS) is 25.3. The third-order valence-corrected chi connectivity index (χ3v) is 3.97. The highest BCUT2D eigenvalue weighted by molar-refractivity contribution is 5.35. The van der Waals surface area contributed by atoms with E-state index in [0.29, 0.717) is 6.04 Å². The number of hydrogen-bond acceptors (Lipinski definition) is 2. The molecule has 2 aromatic carbocycles. The lowest BCUT2D eigenvalue weighted by atomic mass is 10.0. The standard InChI is InChI=1S/C19H19NO/c1-15-19(17-11-7-4-8-12-17)21-18(20(15)2)14-13-16-9-5-3-6-10-16/h3-12,15,18-19H,1-2H3. The number of hydrogen-bond donors (Lipinski definition) is 0. The predicted octanol–water partition coefficient (Wildman–Crippen LogP) is 3.46. The minimum absolute atomic E-state index is 0.0753. The second-order valence-corrected chi connectivity index (χ2v) is 5.36. The fourth-order valence-electron chi connectivity index (χ4n) is 2.58. The van der Waals surface area contributed by atoms with E-state index in [1.807, 2.05) is 48.5 Å². The summed E-state index contributed by atoms with van der Waals surface area (Å²) in [6.07, 6.45) is -0.0864. The van der Waals surface area contributed by atoms with Crippen LogP contribution in [0.3, 0.4) is 0 Å². The van der Waals surface area contributed by atoms with Crippen molar-refractivity contribution in [3.63, 3.8) is 0 Å². The first kappa shape index (κ1) is 13.9. The monoisotopic (exact) mass is 277 g/mol. The Hall–Kier alpha value is -2.08. The van der Waals surface area contributed by atoms with Crippen LogP contribution in [0.15, 0.2) is 60.7 Å². The smallest absolute Gasteiger partial charge is 0.175 e. The zero-order valence-corrected chi connectivity index (χ0v) is 12.4. The highest BCUT2D eigenvalue weighted by atomic mass is 16.5. The maximum absolute atomic E-state index is 6.15. The molecule has 0 aromatic heterocycles. The van der Waals surface area contributed by atoms with Crippen molar-refractivity contribution in [2.24, 2.45) is 0 Å². The molecule has 2 nitrogen and oxygen atoms in total. The molecule has 0 saturated carbocycles. The molecule has 1 saturated heterocycles. The van der Waals surface area contributed by atoms with Gasteiger partial charge < -0.3 is 4.74 Å². The SMILES string of the molecule is CC1C(c2ccccc2)OC(C#Cc2ccccc2)N1C. The number of rotatable bonds is 1. The van der Waals surface area contributed by atoms with Gasteiger partial charge in [0.2, 0.25) is 0 Å². The molecule has 1 aliphatic rings. The lowest BCUT2D eigenvalue weighted by Gasteiger charge is -2.18. The number of likely N-dealkylation sites (N-methyl/N-ethyl adjacent to an activating group) is 1. The quantitative estimate of drug-likeness (QED) is 0.740. The fraction of sp³-hybridized carbons (Fsp3) is 0.263. The van der Waals surface area contributed by atoms with Crippen molar-refractivity contribution in [1.82, 2.24) is 4.90 Å². The number of nitrogens with zero attached hydrogens (tertiary/aromatic N) is 1. The zero-order valence-electron chi connectivity index (χ0n) is 12.4. The van der Waals surface area contributed by atoms with E-state index in [9.17, 15) is 0 Å². The van der Waals surface area contributed by atoms with Crippen LogP contribution in [0.1, 0.15) is 24.2 Å². The van der Waals surface area contributed by atoms with Crippen LogP contribution in [0.4, 0.5) is 0 Å². The van der Waals surface area contributed by atoms with Crippen LogP contribution in [-0.4, -0.2) is 24.2 Å². The minimum atomic E-state index is -0.162. The molecule has 0 amide bonds. The van der Waals surface area contributed by atoms with Crippen molar-refractivity contribution in [3.8, 4) is 11.8 Å². The molecule has 106 valence electrons. The Morgan fingerprint density at radius 2 is 1.57 bits per heavy atom. The molecule has 0 bridgehead atoms. The molecule has 21 heavy (non-hydrogen) atoms. The van der Waals surface area contributed by atoms with Gasteiger partial charge in [0.1, 0.15) is 6.10 Å². The lowest BCUT2D eigenvalue weighted by Crippen LogP contribution is -2.30. The van der Waals surface area contributed by atoms with Gasteiger partial charge in [0, 0.05) is 11.6 Å². The molecule has 0 N–H and O–H groups in total. The van der Waals surface area contributed by atoms with Gasteiger partial charge in [-0.2, -0.15) is 0 Å². The Kier molecular flexibility index (Phi) is 4.06. The van der Waals surface area contributed by atoms with Crippen molar-refractivity contribution in [2.45, 2.75) is 25.3 Å². The van der Waals surface area contributed by atoms with E-state index >= 15 is 0 Å². The lowest BCUT2D eigenvalue weighted by molar-refractivity contribution is 0.0471. The van der Waals surface area contributed by atoms with Crippen LogP contribution in [-0.2, 0) is 4.74 Å². The van der Waals surface area contributed by atoms with Gasteiger partial charge in [-0.05, 0) is 37.6 Å². The van der Waals surface area contributed by atoms with Crippen LogP contribution in [0.2, 0.25) is 0 Å². The number of benzene rings is 2. The van der Waals surface area contributed by atoms with E-state index in [1.165, 1.54) is 5.56 Å². The summed E-state index contributed by atoms with van der Waals surface area (Å²) >= 11 is 0. The van der Waals surface area contributed by atoms with Crippen LogP contribution in [0, 0.1) is 11.8 Å². The van der Waals surface area contributed by atoms with Gasteiger partial charge in [-0.1, -0.05) is 54.5 Å². The van der Waals surface area contributed by atoms with Crippen LogP contribution in [0.5, 0.6) is 0 Å². The van der Waals surface area contributed by atoms with Gasteiger partial charge >= 0.3 is 0 Å². The summed E-state index contributed by atoms with van der Waals surface area (Å²) in [7, 11) is 2.07. The van der Waals surface area contributed by atoms with Gasteiger partial charge in [0.25, 0.3) is 0 Å². The maximum Gasteiger partial charge on any atom is 0.175 e. The van der Waals surface area contributed by atoms with Gasteiger partial charge in [-0.15, -0.1) is 0 Å². The average Bonchev–Trinajstić information content (AvgIpc) is 2.83. The summed E-state index contributed by atoms with van der Waals surface area (Å²) in [6, 6.07) is 20.7. The second-order valence-electron chi connectivity index (χ2n) is 5.36. The molecule has 1 fully saturated rings. The highest BCUT2D eigenvalue weighted by Gasteiger charge is 2.36. The summed E-state index contributed by atoms with van der Waals surface area (Å²) in [5.74, 6) is 6.42. The molecular formula is C19H19NO. The summed E-state index contributed by atoms with van der Waals surface area (Å²) in [5, 5.41) is 0. The third kappa shape index (κ3) is 3.00. The van der Waals surface area contributed by atoms with Crippen molar-refractivity contribution < 1.29 is 4.74 Å². The van der Waals surface area contributed by atoms with E-state index in [2.05, 4.69) is 42.8 Å². The van der Waals surface area contributed by atoms with Crippen molar-refractivity contribution >= 4 is 0 Å². The Bertz CT molecular complexity index is 642. The summed E-state index contributed by atoms with van der Waals surface area (Å²) in [5.41, 5.74) is 2.23. The molecule has 3 unspecified atom stereocenters. The molecule has 2 heteroatoms. The molecule has 3 rings (SSSR count). The van der Waals surface area contributed by atoms with E-state index in [4.69, 9.17) is 4.74 Å². The third-order valence-electron chi connectivity index (χ3n) is 3.97. The topological polar surface area (TPSA) is 12.5 Å². The Balaban J connectivity index is 1.78. The first-order valence-corrected chi connectivity index (χ1v) is 7.24. The fourth-order valence-corrected chi connectivity index (χ4v) is 2.58. The Morgan fingerprint density at radius 1 is 0.952 bits per heavy atom. The average molecular weight is 277 g/mol. The second kappa shape index (κ2) is 6.13. The first-order chi connectivity index (χ1) is 10.3.